The van der Waals surface area contributed by atoms with Crippen molar-refractivity contribution in [1.29, 1.82) is 0 Å². The van der Waals surface area contributed by atoms with E-state index in [0.29, 0.717) is 37.2 Å². The highest BCUT2D eigenvalue weighted by Gasteiger charge is 2.27. The van der Waals surface area contributed by atoms with E-state index in [1.54, 1.807) is 10.5 Å². The van der Waals surface area contributed by atoms with Crippen molar-refractivity contribution in [3.8, 4) is 11.4 Å². The third-order valence-electron chi connectivity index (χ3n) is 6.46. The van der Waals surface area contributed by atoms with Crippen molar-refractivity contribution in [2.45, 2.75) is 50.7 Å². The van der Waals surface area contributed by atoms with Gasteiger partial charge in [0, 0.05) is 43.8 Å². The maximum Gasteiger partial charge on any atom is 0.298 e. The Labute approximate surface area is 218 Å². The summed E-state index contributed by atoms with van der Waals surface area (Å²) in [5, 5.41) is 3.81. The summed E-state index contributed by atoms with van der Waals surface area (Å²) in [6.07, 6.45) is 2.74. The molecule has 2 aliphatic rings. The van der Waals surface area contributed by atoms with Gasteiger partial charge in [0.05, 0.1) is 41.2 Å². The van der Waals surface area contributed by atoms with Gasteiger partial charge in [0.15, 0.2) is 0 Å². The smallest absolute Gasteiger partial charge is 0.298 e. The van der Waals surface area contributed by atoms with Crippen molar-refractivity contribution in [1.82, 2.24) is 24.6 Å². The molecular formula is C26H30F2N6O2S. The number of nitrogens with one attached hydrogen (secondary N) is 1. The highest BCUT2D eigenvalue weighted by molar-refractivity contribution is 7.97. The number of nitrogens with zero attached hydrogens (tertiary/aromatic N) is 5. The van der Waals surface area contributed by atoms with E-state index in [1.807, 2.05) is 36.4 Å². The minimum absolute atomic E-state index is 0.0987. The Morgan fingerprint density at radius 2 is 1.92 bits per heavy atom. The van der Waals surface area contributed by atoms with Crippen molar-refractivity contribution in [3.05, 3.63) is 48.3 Å². The third-order valence-corrected chi connectivity index (χ3v) is 7.25. The number of rotatable bonds is 7. The number of aromatic nitrogens is 3. The molecule has 0 aromatic carbocycles. The Kier molecular flexibility index (Phi) is 7.82. The maximum absolute atomic E-state index is 12.6. The van der Waals surface area contributed by atoms with Gasteiger partial charge in [-0.1, -0.05) is 6.07 Å². The molecule has 5 heterocycles. The number of morpholine rings is 1. The maximum atomic E-state index is 12.6. The molecule has 5 rings (SSSR count). The molecule has 0 radical (unpaired) electrons. The minimum atomic E-state index is -2.45. The zero-order valence-corrected chi connectivity index (χ0v) is 21.6. The Bertz CT molecular complexity index is 1250. The Hall–Kier alpha value is -2.89. The first-order valence-corrected chi connectivity index (χ1v) is 13.3. The predicted octanol–water partition coefficient (Wildman–Crippen LogP) is 3.91. The van der Waals surface area contributed by atoms with Crippen molar-refractivity contribution in [2.24, 2.45) is 0 Å². The van der Waals surface area contributed by atoms with E-state index in [4.69, 9.17) is 14.7 Å². The number of anilines is 1. The number of fused-ring (bicyclic) bond motifs is 1. The van der Waals surface area contributed by atoms with E-state index in [2.05, 4.69) is 29.0 Å². The number of carbonyl (C=O) groups excluding carboxylic acids is 1. The lowest BCUT2D eigenvalue weighted by molar-refractivity contribution is -0.121. The van der Waals surface area contributed by atoms with Crippen LogP contribution >= 0.6 is 11.9 Å². The fraction of sp³-hybridized carbons (Fsp3) is 0.462. The molecule has 8 nitrogen and oxygen atoms in total. The number of carbonyl (C=O) groups is 1. The molecule has 2 aliphatic heterocycles. The highest BCUT2D eigenvalue weighted by Crippen LogP contribution is 2.26. The average Bonchev–Trinajstić information content (AvgIpc) is 3.28. The van der Waals surface area contributed by atoms with Crippen LogP contribution in [0, 0.1) is 0 Å². The number of ether oxygens (including phenoxy) is 1. The predicted molar refractivity (Wildman–Crippen MR) is 140 cm³/mol. The fourth-order valence-corrected chi connectivity index (χ4v) is 5.60. The summed E-state index contributed by atoms with van der Waals surface area (Å²) in [4.78, 5) is 28.9. The van der Waals surface area contributed by atoms with E-state index in [1.165, 1.54) is 0 Å². The van der Waals surface area contributed by atoms with E-state index in [9.17, 15) is 13.6 Å². The molecule has 196 valence electrons. The number of hydrogen-bond donors (Lipinski definition) is 1. The van der Waals surface area contributed by atoms with Crippen LogP contribution in [0.5, 0.6) is 0 Å². The van der Waals surface area contributed by atoms with Crippen molar-refractivity contribution >= 4 is 34.6 Å². The first-order valence-electron chi connectivity index (χ1n) is 12.4. The first kappa shape index (κ1) is 25.7. The summed E-state index contributed by atoms with van der Waals surface area (Å²) in [7, 11) is 0. The van der Waals surface area contributed by atoms with Gasteiger partial charge in [0.1, 0.15) is 5.82 Å². The molecule has 11 heteroatoms. The van der Waals surface area contributed by atoms with Gasteiger partial charge in [0.25, 0.3) is 5.76 Å². The topological polar surface area (TPSA) is 83.5 Å². The summed E-state index contributed by atoms with van der Waals surface area (Å²) in [6.45, 7) is 6.64. The molecule has 3 atom stereocenters. The highest BCUT2D eigenvalue weighted by atomic mass is 32.2. The first-order chi connectivity index (χ1) is 17.8. The van der Waals surface area contributed by atoms with Gasteiger partial charge < -0.3 is 15.0 Å². The van der Waals surface area contributed by atoms with Crippen LogP contribution < -0.4 is 10.2 Å². The lowest BCUT2D eigenvalue weighted by Crippen LogP contribution is -2.45. The molecule has 2 fully saturated rings. The van der Waals surface area contributed by atoms with E-state index in [0.717, 1.165) is 41.2 Å². The van der Waals surface area contributed by atoms with Crippen LogP contribution in [0.15, 0.2) is 42.6 Å². The van der Waals surface area contributed by atoms with Crippen LogP contribution in [0.4, 0.5) is 14.6 Å². The standard InChI is InChI=1S/C26H30F2N6O2S/c1-16-13-33(14-17(2)36-16)24-5-3-4-21(32-24)22-7-6-18-12-29-20(10-23(18)31-22)11-25(35)30-19-8-9-34(15-19)37-26(27)28/h3-7,10,12,16-17,19,26H,8-9,11,13-15H2,1-2H3,(H,30,35). The second-order valence-electron chi connectivity index (χ2n) is 9.59. The summed E-state index contributed by atoms with van der Waals surface area (Å²) < 4.78 is 32.6. The lowest BCUT2D eigenvalue weighted by atomic mass is 10.1. The van der Waals surface area contributed by atoms with Gasteiger partial charge in [-0.2, -0.15) is 8.78 Å². The second-order valence-corrected chi connectivity index (χ2v) is 10.7. The molecule has 3 aromatic heterocycles. The van der Waals surface area contributed by atoms with Crippen LogP contribution in [0.2, 0.25) is 0 Å². The number of pyridine rings is 3. The molecule has 0 saturated carbocycles. The fourth-order valence-electron chi connectivity index (χ4n) is 4.90. The number of amides is 1. The Morgan fingerprint density at radius 3 is 2.70 bits per heavy atom. The largest absolute Gasteiger partial charge is 0.372 e. The molecule has 37 heavy (non-hydrogen) atoms. The van der Waals surface area contributed by atoms with E-state index in [-0.39, 0.29) is 30.6 Å². The zero-order chi connectivity index (χ0) is 25.9. The van der Waals surface area contributed by atoms with Gasteiger partial charge >= 0.3 is 0 Å². The molecule has 3 unspecified atom stereocenters. The third kappa shape index (κ3) is 6.52. The number of hydrogen-bond acceptors (Lipinski definition) is 8. The van der Waals surface area contributed by atoms with Crippen molar-refractivity contribution in [3.63, 3.8) is 0 Å². The van der Waals surface area contributed by atoms with Gasteiger partial charge in [0.2, 0.25) is 5.91 Å². The minimum Gasteiger partial charge on any atom is -0.372 e. The summed E-state index contributed by atoms with van der Waals surface area (Å²) in [6, 6.07) is 11.5. The normalized spacial score (nSPS) is 22.6. The van der Waals surface area contributed by atoms with Crippen LogP contribution in [0.1, 0.15) is 26.0 Å². The Balaban J connectivity index is 1.28. The van der Waals surface area contributed by atoms with Gasteiger partial charge in [-0.15, -0.1) is 0 Å². The average molecular weight is 529 g/mol. The summed E-state index contributed by atoms with van der Waals surface area (Å²) >= 11 is 0.521. The molecule has 0 spiro atoms. The monoisotopic (exact) mass is 528 g/mol. The Morgan fingerprint density at radius 1 is 1.14 bits per heavy atom. The van der Waals surface area contributed by atoms with Gasteiger partial charge in [-0.25, -0.2) is 14.3 Å². The zero-order valence-electron chi connectivity index (χ0n) is 20.8. The molecule has 1 N–H and O–H groups in total. The van der Waals surface area contributed by atoms with Gasteiger partial charge in [-0.05, 0) is 62.5 Å². The lowest BCUT2D eigenvalue weighted by Gasteiger charge is -2.36. The molecular weight excluding hydrogens is 498 g/mol. The van der Waals surface area contributed by atoms with E-state index >= 15 is 0 Å². The summed E-state index contributed by atoms with van der Waals surface area (Å²) in [5.74, 6) is -1.73. The molecule has 0 bridgehead atoms. The van der Waals surface area contributed by atoms with Crippen LogP contribution in [0.25, 0.3) is 22.3 Å². The quantitative estimate of drug-likeness (QED) is 0.463. The van der Waals surface area contributed by atoms with Crippen molar-refractivity contribution < 1.29 is 18.3 Å². The molecule has 1 amide bonds. The van der Waals surface area contributed by atoms with Gasteiger partial charge in [-0.3, -0.25) is 9.78 Å². The van der Waals surface area contributed by atoms with Crippen molar-refractivity contribution in [2.75, 3.05) is 31.1 Å². The second kappa shape index (κ2) is 11.2. The molecule has 2 saturated heterocycles. The molecule has 0 aliphatic carbocycles. The molecule has 3 aromatic rings. The number of halogens is 2. The van der Waals surface area contributed by atoms with Crippen LogP contribution in [-0.4, -0.2) is 75.4 Å². The SMILES string of the molecule is CC1CN(c2cccc(-c3ccc4cnc(CC(=O)NC5CCN(SC(F)F)C5)cc4n3)n2)CC(C)O1. The van der Waals surface area contributed by atoms with Crippen LogP contribution in [-0.2, 0) is 16.0 Å². The van der Waals surface area contributed by atoms with Crippen LogP contribution in [0.3, 0.4) is 0 Å². The van der Waals surface area contributed by atoms with E-state index < -0.39 is 5.76 Å². The number of alkyl halides is 2. The summed E-state index contributed by atoms with van der Waals surface area (Å²) in [5.41, 5.74) is 2.85.